The molecule has 4 rings (SSSR count). The van der Waals surface area contributed by atoms with Crippen LogP contribution < -0.4 is 4.90 Å². The monoisotopic (exact) mass is 296 g/mol. The molecule has 0 aromatic carbocycles. The van der Waals surface area contributed by atoms with Crippen molar-refractivity contribution in [1.82, 2.24) is 34.7 Å². The third-order valence-electron chi connectivity index (χ3n) is 4.01. The number of nitrogens with zero attached hydrogens (tertiary/aromatic N) is 8. The smallest absolute Gasteiger partial charge is 0.177 e. The van der Waals surface area contributed by atoms with Gasteiger partial charge in [-0.15, -0.1) is 15.3 Å². The van der Waals surface area contributed by atoms with E-state index in [0.717, 1.165) is 36.8 Å². The molecule has 0 saturated carbocycles. The van der Waals surface area contributed by atoms with Crippen LogP contribution in [-0.2, 0) is 6.54 Å². The third-order valence-corrected chi connectivity index (χ3v) is 4.01. The lowest BCUT2D eigenvalue weighted by molar-refractivity contribution is 0.194. The fourth-order valence-corrected chi connectivity index (χ4v) is 2.60. The highest BCUT2D eigenvalue weighted by molar-refractivity contribution is 5.47. The molecule has 4 heterocycles. The van der Waals surface area contributed by atoms with Crippen LogP contribution in [0.2, 0.25) is 0 Å². The van der Waals surface area contributed by atoms with Crippen molar-refractivity contribution in [2.45, 2.75) is 12.6 Å². The van der Waals surface area contributed by atoms with E-state index in [4.69, 9.17) is 0 Å². The summed E-state index contributed by atoms with van der Waals surface area (Å²) in [6, 6.07) is 6.39. The second kappa shape index (κ2) is 5.30. The number of fused-ring (bicyclic) bond motifs is 1. The van der Waals surface area contributed by atoms with Gasteiger partial charge in [0.15, 0.2) is 5.65 Å². The van der Waals surface area contributed by atoms with E-state index in [2.05, 4.69) is 42.1 Å². The SMILES string of the molecule is CN(Cc1ccncn1)C1CN(c2ccc3nncn3n2)C1. The van der Waals surface area contributed by atoms with Crippen molar-refractivity contribution < 1.29 is 0 Å². The zero-order valence-electron chi connectivity index (χ0n) is 12.2. The fraction of sp³-hybridized carbons (Fsp3) is 0.357. The molecule has 1 saturated heterocycles. The van der Waals surface area contributed by atoms with E-state index in [0.29, 0.717) is 6.04 Å². The Morgan fingerprint density at radius 2 is 2.18 bits per heavy atom. The summed E-state index contributed by atoms with van der Waals surface area (Å²) in [5, 5.41) is 12.3. The summed E-state index contributed by atoms with van der Waals surface area (Å²) in [4.78, 5) is 12.8. The first-order valence-corrected chi connectivity index (χ1v) is 7.17. The lowest BCUT2D eigenvalue weighted by Gasteiger charge is -2.44. The van der Waals surface area contributed by atoms with Gasteiger partial charge < -0.3 is 4.90 Å². The maximum Gasteiger partial charge on any atom is 0.177 e. The van der Waals surface area contributed by atoms with E-state index in [1.807, 2.05) is 18.2 Å². The summed E-state index contributed by atoms with van der Waals surface area (Å²) in [5.74, 6) is 0.957. The van der Waals surface area contributed by atoms with Gasteiger partial charge in [-0.2, -0.15) is 4.52 Å². The Kier molecular flexibility index (Phi) is 3.15. The van der Waals surface area contributed by atoms with Gasteiger partial charge in [-0.1, -0.05) is 0 Å². The van der Waals surface area contributed by atoms with Crippen molar-refractivity contribution >= 4 is 11.5 Å². The van der Waals surface area contributed by atoms with Crippen molar-refractivity contribution in [3.8, 4) is 0 Å². The number of anilines is 1. The van der Waals surface area contributed by atoms with Crippen LogP contribution in [0.3, 0.4) is 0 Å². The molecule has 1 fully saturated rings. The van der Waals surface area contributed by atoms with Gasteiger partial charge in [-0.25, -0.2) is 9.97 Å². The Balaban J connectivity index is 1.38. The minimum atomic E-state index is 0.508. The zero-order chi connectivity index (χ0) is 14.9. The standard InChI is InChI=1S/C14H16N8/c1-20(6-11-4-5-15-9-16-11)12-7-21(8-12)14-3-2-13-18-17-10-22(13)19-14/h2-5,9-10,12H,6-8H2,1H3. The molecule has 0 amide bonds. The maximum absolute atomic E-state index is 4.51. The van der Waals surface area contributed by atoms with Crippen LogP contribution in [0.25, 0.3) is 5.65 Å². The molecule has 0 N–H and O–H groups in total. The summed E-state index contributed by atoms with van der Waals surface area (Å²) in [6.45, 7) is 2.75. The Bertz CT molecular complexity index is 765. The van der Waals surface area contributed by atoms with Gasteiger partial charge in [0.1, 0.15) is 18.5 Å². The molecule has 1 aliphatic heterocycles. The first-order valence-electron chi connectivity index (χ1n) is 7.17. The van der Waals surface area contributed by atoms with E-state index >= 15 is 0 Å². The molecule has 0 aliphatic carbocycles. The Morgan fingerprint density at radius 3 is 3.00 bits per heavy atom. The molecule has 8 heteroatoms. The molecule has 112 valence electrons. The minimum absolute atomic E-state index is 0.508. The highest BCUT2D eigenvalue weighted by atomic mass is 15.4. The highest BCUT2D eigenvalue weighted by Crippen LogP contribution is 2.21. The van der Waals surface area contributed by atoms with Gasteiger partial charge in [0.25, 0.3) is 0 Å². The largest absolute Gasteiger partial charge is 0.352 e. The number of hydrogen-bond donors (Lipinski definition) is 0. The van der Waals surface area contributed by atoms with Crippen molar-refractivity contribution in [2.24, 2.45) is 0 Å². The summed E-state index contributed by atoms with van der Waals surface area (Å²) in [7, 11) is 2.13. The van der Waals surface area contributed by atoms with E-state index in [1.165, 1.54) is 0 Å². The molecular formula is C14H16N8. The molecule has 0 atom stereocenters. The zero-order valence-corrected chi connectivity index (χ0v) is 12.2. The summed E-state index contributed by atoms with van der Waals surface area (Å²) < 4.78 is 1.70. The van der Waals surface area contributed by atoms with E-state index in [9.17, 15) is 0 Å². The molecule has 0 spiro atoms. The van der Waals surface area contributed by atoms with E-state index < -0.39 is 0 Å². The highest BCUT2D eigenvalue weighted by Gasteiger charge is 2.31. The summed E-state index contributed by atoms with van der Waals surface area (Å²) >= 11 is 0. The number of hydrogen-bond acceptors (Lipinski definition) is 7. The Labute approximate surface area is 127 Å². The van der Waals surface area contributed by atoms with Crippen LogP contribution in [0.5, 0.6) is 0 Å². The third kappa shape index (κ3) is 2.37. The predicted octanol–water partition coefficient (Wildman–Crippen LogP) is 0.235. The Hall–Kier alpha value is -2.61. The van der Waals surface area contributed by atoms with Gasteiger partial charge in [-0.05, 0) is 25.2 Å². The number of likely N-dealkylation sites (N-methyl/N-ethyl adjacent to an activating group) is 1. The molecule has 8 nitrogen and oxygen atoms in total. The molecule has 0 radical (unpaired) electrons. The van der Waals surface area contributed by atoms with Crippen LogP contribution in [0, 0.1) is 0 Å². The number of aromatic nitrogens is 6. The van der Waals surface area contributed by atoms with E-state index in [-0.39, 0.29) is 0 Å². The lowest BCUT2D eigenvalue weighted by Crippen LogP contribution is -2.58. The molecule has 3 aromatic heterocycles. The molecule has 22 heavy (non-hydrogen) atoms. The van der Waals surface area contributed by atoms with E-state index in [1.54, 1.807) is 23.4 Å². The van der Waals surface area contributed by atoms with Crippen LogP contribution in [0.4, 0.5) is 5.82 Å². The van der Waals surface area contributed by atoms with Gasteiger partial charge in [0.2, 0.25) is 0 Å². The van der Waals surface area contributed by atoms with Crippen LogP contribution >= 0.6 is 0 Å². The average molecular weight is 296 g/mol. The second-order valence-electron chi connectivity index (χ2n) is 5.50. The van der Waals surface area contributed by atoms with Crippen molar-refractivity contribution in [3.05, 3.63) is 42.7 Å². The van der Waals surface area contributed by atoms with Gasteiger partial charge in [0.05, 0.1) is 5.69 Å². The number of rotatable bonds is 4. The summed E-state index contributed by atoms with van der Waals surface area (Å²) in [5.41, 5.74) is 1.81. The fourth-order valence-electron chi connectivity index (χ4n) is 2.60. The second-order valence-corrected chi connectivity index (χ2v) is 5.50. The van der Waals surface area contributed by atoms with Crippen LogP contribution in [-0.4, -0.2) is 60.9 Å². The van der Waals surface area contributed by atoms with Gasteiger partial charge in [0, 0.05) is 31.9 Å². The van der Waals surface area contributed by atoms with Crippen molar-refractivity contribution in [2.75, 3.05) is 25.0 Å². The summed E-state index contributed by atoms with van der Waals surface area (Å²) in [6.07, 6.45) is 4.99. The van der Waals surface area contributed by atoms with Gasteiger partial charge >= 0.3 is 0 Å². The first-order chi connectivity index (χ1) is 10.8. The van der Waals surface area contributed by atoms with Gasteiger partial charge in [-0.3, -0.25) is 4.90 Å². The maximum atomic E-state index is 4.51. The lowest BCUT2D eigenvalue weighted by atomic mass is 10.1. The predicted molar refractivity (Wildman–Crippen MR) is 80.3 cm³/mol. The quantitative estimate of drug-likeness (QED) is 0.682. The molecular weight excluding hydrogens is 280 g/mol. The molecule has 0 unspecified atom stereocenters. The Morgan fingerprint density at radius 1 is 1.27 bits per heavy atom. The normalized spacial score (nSPS) is 15.5. The minimum Gasteiger partial charge on any atom is -0.352 e. The molecule has 3 aromatic rings. The first kappa shape index (κ1) is 13.1. The van der Waals surface area contributed by atoms with Crippen LogP contribution in [0.1, 0.15) is 5.69 Å². The van der Waals surface area contributed by atoms with Crippen LogP contribution in [0.15, 0.2) is 37.1 Å². The average Bonchev–Trinajstić information content (AvgIpc) is 2.94. The molecule has 1 aliphatic rings. The van der Waals surface area contributed by atoms with Crippen molar-refractivity contribution in [1.29, 1.82) is 0 Å². The molecule has 0 bridgehead atoms. The van der Waals surface area contributed by atoms with Crippen molar-refractivity contribution in [3.63, 3.8) is 0 Å². The topological polar surface area (TPSA) is 75.3 Å².